The van der Waals surface area contributed by atoms with Crippen LogP contribution in [0.3, 0.4) is 0 Å². The minimum absolute atomic E-state index is 0.0382. The van der Waals surface area contributed by atoms with Crippen molar-refractivity contribution >= 4 is 23.1 Å². The molecule has 40 heavy (non-hydrogen) atoms. The Labute approximate surface area is 232 Å². The van der Waals surface area contributed by atoms with Gasteiger partial charge >= 0.3 is 0 Å². The van der Waals surface area contributed by atoms with E-state index in [2.05, 4.69) is 5.32 Å². The summed E-state index contributed by atoms with van der Waals surface area (Å²) in [4.78, 5) is 30.1. The van der Waals surface area contributed by atoms with Gasteiger partial charge in [0, 0.05) is 23.3 Å². The highest BCUT2D eigenvalue weighted by Gasteiger charge is 2.42. The number of ether oxygens (including phenoxy) is 1. The molecule has 1 aliphatic heterocycles. The summed E-state index contributed by atoms with van der Waals surface area (Å²) >= 11 is 0. The second kappa shape index (κ2) is 10.5. The molecular weight excluding hydrogens is 503 g/mol. The number of amides is 1. The van der Waals surface area contributed by atoms with Crippen molar-refractivity contribution in [3.05, 3.63) is 136 Å². The number of anilines is 2. The summed E-state index contributed by atoms with van der Waals surface area (Å²) in [6.07, 6.45) is 0.888. The third kappa shape index (κ3) is 4.66. The van der Waals surface area contributed by atoms with E-state index < -0.39 is 6.04 Å². The van der Waals surface area contributed by atoms with Crippen LogP contribution >= 0.6 is 0 Å². The van der Waals surface area contributed by atoms with Crippen molar-refractivity contribution in [3.8, 4) is 5.75 Å². The van der Waals surface area contributed by atoms with Crippen LogP contribution in [0.25, 0.3) is 0 Å². The molecule has 200 valence electrons. The second-order valence-electron chi connectivity index (χ2n) is 10.3. The molecule has 0 aromatic heterocycles. The Kier molecular flexibility index (Phi) is 6.68. The molecule has 4 aromatic carbocycles. The van der Waals surface area contributed by atoms with Crippen molar-refractivity contribution in [2.75, 3.05) is 17.3 Å². The van der Waals surface area contributed by atoms with Crippen LogP contribution in [0, 0.1) is 12.7 Å². The lowest BCUT2D eigenvalue weighted by atomic mass is 9.78. The number of nitrogens with one attached hydrogen (secondary N) is 1. The summed E-state index contributed by atoms with van der Waals surface area (Å²) in [5, 5.41) is 3.55. The number of fused-ring (bicyclic) bond motifs is 1. The van der Waals surface area contributed by atoms with Gasteiger partial charge in [0.1, 0.15) is 11.6 Å². The average Bonchev–Trinajstić information content (AvgIpc) is 3.12. The van der Waals surface area contributed by atoms with Crippen LogP contribution in [0.5, 0.6) is 5.75 Å². The number of halogens is 1. The first-order chi connectivity index (χ1) is 19.4. The summed E-state index contributed by atoms with van der Waals surface area (Å²) in [5.74, 6) is 0.0658. The van der Waals surface area contributed by atoms with Crippen molar-refractivity contribution in [3.63, 3.8) is 0 Å². The van der Waals surface area contributed by atoms with E-state index in [1.165, 1.54) is 12.1 Å². The summed E-state index contributed by atoms with van der Waals surface area (Å²) in [6.45, 7) is 1.97. The number of hydrogen-bond acceptors (Lipinski definition) is 4. The molecule has 0 unspecified atom stereocenters. The van der Waals surface area contributed by atoms with Crippen molar-refractivity contribution in [2.45, 2.75) is 31.7 Å². The quantitative estimate of drug-likeness (QED) is 0.298. The summed E-state index contributed by atoms with van der Waals surface area (Å²) < 4.78 is 19.4. The smallest absolute Gasteiger partial charge is 0.259 e. The van der Waals surface area contributed by atoms with E-state index >= 15 is 0 Å². The molecule has 1 amide bonds. The predicted octanol–water partition coefficient (Wildman–Crippen LogP) is 7.36. The number of carbonyl (C=O) groups is 2. The molecule has 1 aliphatic carbocycles. The van der Waals surface area contributed by atoms with Gasteiger partial charge < -0.3 is 10.1 Å². The highest BCUT2D eigenvalue weighted by molar-refractivity contribution is 6.12. The number of ketones is 1. The molecule has 6 rings (SSSR count). The minimum Gasteiger partial charge on any atom is -0.497 e. The number of aryl methyl sites for hydroxylation is 1. The van der Waals surface area contributed by atoms with E-state index in [-0.39, 0.29) is 23.4 Å². The Morgan fingerprint density at radius 2 is 1.60 bits per heavy atom. The van der Waals surface area contributed by atoms with E-state index in [1.807, 2.05) is 67.6 Å². The Hall–Kier alpha value is -4.71. The number of benzene rings is 4. The maximum Gasteiger partial charge on any atom is 0.259 e. The van der Waals surface area contributed by atoms with Crippen LogP contribution in [-0.2, 0) is 4.79 Å². The number of allylic oxidation sites excluding steroid dienone is 1. The van der Waals surface area contributed by atoms with E-state index in [1.54, 1.807) is 36.3 Å². The lowest BCUT2D eigenvalue weighted by molar-refractivity contribution is -0.116. The topological polar surface area (TPSA) is 58.6 Å². The number of Topliss-reactive ketones (excluding diaryl/α,β-unsaturated/α-hetero) is 1. The first kappa shape index (κ1) is 25.6. The molecule has 0 spiro atoms. The van der Waals surface area contributed by atoms with Gasteiger partial charge in [-0.2, -0.15) is 0 Å². The Morgan fingerprint density at radius 3 is 2.30 bits per heavy atom. The SMILES string of the molecule is COc1ccc([C@H]2CC(=O)C3=C(C2)Nc2ccc(C)cc2N(C(=O)c2ccccc2)[C@H]3c2ccc(F)cc2)cc1. The van der Waals surface area contributed by atoms with Crippen LogP contribution in [0.15, 0.2) is 108 Å². The van der Waals surface area contributed by atoms with Crippen molar-refractivity contribution < 1.29 is 18.7 Å². The Bertz CT molecular complexity index is 1610. The van der Waals surface area contributed by atoms with Crippen LogP contribution in [-0.4, -0.2) is 18.8 Å². The molecule has 4 aromatic rings. The van der Waals surface area contributed by atoms with Gasteiger partial charge in [-0.15, -0.1) is 0 Å². The molecule has 0 bridgehead atoms. The van der Waals surface area contributed by atoms with Crippen LogP contribution in [0.1, 0.15) is 51.8 Å². The highest BCUT2D eigenvalue weighted by atomic mass is 19.1. The normalized spacial score (nSPS) is 18.4. The summed E-state index contributed by atoms with van der Waals surface area (Å²) in [5.41, 5.74) is 5.94. The minimum atomic E-state index is -0.733. The molecule has 2 atom stereocenters. The monoisotopic (exact) mass is 532 g/mol. The fraction of sp³-hybridized carbons (Fsp3) is 0.176. The van der Waals surface area contributed by atoms with Gasteiger partial charge in [0.05, 0.1) is 24.5 Å². The molecule has 5 nitrogen and oxygen atoms in total. The molecule has 0 radical (unpaired) electrons. The number of rotatable bonds is 4. The van der Waals surface area contributed by atoms with Gasteiger partial charge in [-0.1, -0.05) is 48.5 Å². The van der Waals surface area contributed by atoms with E-state index in [4.69, 9.17) is 4.74 Å². The highest BCUT2D eigenvalue weighted by Crippen LogP contribution is 2.48. The Balaban J connectivity index is 1.55. The zero-order valence-corrected chi connectivity index (χ0v) is 22.4. The first-order valence-corrected chi connectivity index (χ1v) is 13.3. The van der Waals surface area contributed by atoms with Crippen molar-refractivity contribution in [2.24, 2.45) is 0 Å². The van der Waals surface area contributed by atoms with Gasteiger partial charge in [-0.3, -0.25) is 14.5 Å². The molecule has 2 aliphatic rings. The van der Waals surface area contributed by atoms with Gasteiger partial charge in [0.15, 0.2) is 5.78 Å². The second-order valence-corrected chi connectivity index (χ2v) is 10.3. The third-order valence-corrected chi connectivity index (χ3v) is 7.75. The average molecular weight is 533 g/mol. The summed E-state index contributed by atoms with van der Waals surface area (Å²) in [6, 6.07) is 28.1. The lowest BCUT2D eigenvalue weighted by Gasteiger charge is -2.35. The standard InChI is InChI=1S/C34H29FN2O3/c1-21-8-17-28-30(18-21)37(34(39)24-6-4-3-5-7-24)33(23-9-13-26(35)14-10-23)32-29(36-28)19-25(20-31(32)38)22-11-15-27(40-2)16-12-22/h3-18,25,33,36H,19-20H2,1-2H3/t25-,33+/m1/s1. The number of nitrogens with zero attached hydrogens (tertiary/aromatic N) is 1. The van der Waals surface area contributed by atoms with E-state index in [0.29, 0.717) is 35.2 Å². The Morgan fingerprint density at radius 1 is 0.900 bits per heavy atom. The molecule has 0 fully saturated rings. The van der Waals surface area contributed by atoms with Gasteiger partial charge in [-0.25, -0.2) is 4.39 Å². The van der Waals surface area contributed by atoms with Gasteiger partial charge in [0.2, 0.25) is 0 Å². The largest absolute Gasteiger partial charge is 0.497 e. The molecule has 1 heterocycles. The fourth-order valence-corrected chi connectivity index (χ4v) is 5.76. The number of carbonyl (C=O) groups excluding carboxylic acids is 2. The van der Waals surface area contributed by atoms with Crippen LogP contribution in [0.2, 0.25) is 0 Å². The molecule has 0 saturated carbocycles. The molecule has 0 saturated heterocycles. The zero-order valence-electron chi connectivity index (χ0n) is 22.4. The number of methoxy groups -OCH3 is 1. The number of hydrogen-bond donors (Lipinski definition) is 1. The van der Waals surface area contributed by atoms with Crippen LogP contribution < -0.4 is 15.0 Å². The fourth-order valence-electron chi connectivity index (χ4n) is 5.76. The van der Waals surface area contributed by atoms with Crippen LogP contribution in [0.4, 0.5) is 15.8 Å². The molecule has 6 heteroatoms. The maximum absolute atomic E-state index is 14.3. The van der Waals surface area contributed by atoms with Gasteiger partial charge in [0.25, 0.3) is 5.91 Å². The lowest BCUT2D eigenvalue weighted by Crippen LogP contribution is -2.38. The van der Waals surface area contributed by atoms with E-state index in [0.717, 1.165) is 28.3 Å². The molecule has 1 N–H and O–H groups in total. The zero-order chi connectivity index (χ0) is 27.8. The van der Waals surface area contributed by atoms with E-state index in [9.17, 15) is 14.0 Å². The van der Waals surface area contributed by atoms with Crippen molar-refractivity contribution in [1.29, 1.82) is 0 Å². The molecular formula is C34H29FN2O3. The first-order valence-electron chi connectivity index (χ1n) is 13.3. The van der Waals surface area contributed by atoms with Crippen molar-refractivity contribution in [1.82, 2.24) is 0 Å². The maximum atomic E-state index is 14.3. The third-order valence-electron chi connectivity index (χ3n) is 7.75. The predicted molar refractivity (Wildman–Crippen MR) is 154 cm³/mol. The summed E-state index contributed by atoms with van der Waals surface area (Å²) in [7, 11) is 1.63. The van der Waals surface area contributed by atoms with Gasteiger partial charge in [-0.05, 0) is 84.5 Å².